The van der Waals surface area contributed by atoms with Gasteiger partial charge in [0.25, 0.3) is 0 Å². The highest BCUT2D eigenvalue weighted by molar-refractivity contribution is 5.75. The minimum Gasteiger partial charge on any atom is -0.394 e. The summed E-state index contributed by atoms with van der Waals surface area (Å²) in [5, 5.41) is 73.8. The largest absolute Gasteiger partial charge is 0.394 e. The fourth-order valence-electron chi connectivity index (χ4n) is 5.81. The average molecular weight is 693 g/mol. The van der Waals surface area contributed by atoms with Crippen LogP contribution in [0.5, 0.6) is 0 Å². The summed E-state index contributed by atoms with van der Waals surface area (Å²) in [5.41, 5.74) is 0. The van der Waals surface area contributed by atoms with E-state index in [2.05, 4.69) is 22.4 Å². The van der Waals surface area contributed by atoms with Gasteiger partial charge in [0.2, 0.25) is 5.91 Å². The van der Waals surface area contributed by atoms with E-state index in [9.17, 15) is 40.5 Å². The van der Waals surface area contributed by atoms with Crippen LogP contribution >= 0.6 is 0 Å². The van der Waals surface area contributed by atoms with Crippen molar-refractivity contribution in [2.24, 2.45) is 0 Å². The number of ether oxygens (including phenoxy) is 4. The lowest BCUT2D eigenvalue weighted by atomic mass is 9.97. The van der Waals surface area contributed by atoms with E-state index in [4.69, 9.17) is 18.9 Å². The summed E-state index contributed by atoms with van der Waals surface area (Å²) in [7, 11) is 3.98. The molecule has 0 unspecified atom stereocenters. The van der Waals surface area contributed by atoms with E-state index in [-0.39, 0.29) is 12.0 Å². The van der Waals surface area contributed by atoms with E-state index >= 15 is 0 Å². The summed E-state index contributed by atoms with van der Waals surface area (Å²) >= 11 is 0. The third kappa shape index (κ3) is 15.3. The highest BCUT2D eigenvalue weighted by atomic mass is 16.8. The second kappa shape index (κ2) is 24.0. The molecule has 0 saturated carbocycles. The summed E-state index contributed by atoms with van der Waals surface area (Å²) in [6, 6.07) is 0. The number of hydrogen-bond acceptors (Lipinski definition) is 13. The predicted molar refractivity (Wildman–Crippen MR) is 178 cm³/mol. The molecule has 0 aromatic carbocycles. The van der Waals surface area contributed by atoms with E-state index in [0.29, 0.717) is 19.4 Å². The molecule has 2 saturated heterocycles. The molecule has 48 heavy (non-hydrogen) atoms. The van der Waals surface area contributed by atoms with E-state index in [1.807, 2.05) is 21.0 Å². The first kappa shape index (κ1) is 42.9. The van der Waals surface area contributed by atoms with Gasteiger partial charge in [0.05, 0.1) is 19.3 Å². The topological polar surface area (TPSA) is 211 Å². The summed E-state index contributed by atoms with van der Waals surface area (Å²) in [4.78, 5) is 13.8. The average Bonchev–Trinajstić information content (AvgIpc) is 3.05. The second-order valence-corrected chi connectivity index (χ2v) is 13.4. The lowest BCUT2D eigenvalue weighted by Crippen LogP contribution is -2.64. The Kier molecular flexibility index (Phi) is 21.5. The Morgan fingerprint density at radius 2 is 1.29 bits per heavy atom. The lowest BCUT2D eigenvalue weighted by molar-refractivity contribution is -0.371. The van der Waals surface area contributed by atoms with Crippen molar-refractivity contribution in [2.75, 3.05) is 40.4 Å². The lowest BCUT2D eigenvalue weighted by Gasteiger charge is -2.46. The van der Waals surface area contributed by atoms with Crippen molar-refractivity contribution in [3.8, 4) is 0 Å². The first-order valence-corrected chi connectivity index (χ1v) is 17.8. The van der Waals surface area contributed by atoms with E-state index < -0.39 is 74.6 Å². The molecular weight excluding hydrogens is 628 g/mol. The molecule has 2 aliphatic heterocycles. The number of nitrogens with one attached hydrogen (secondary N) is 1. The van der Waals surface area contributed by atoms with Gasteiger partial charge in [0, 0.05) is 19.5 Å². The summed E-state index contributed by atoms with van der Waals surface area (Å²) in [6.45, 7) is 2.17. The van der Waals surface area contributed by atoms with Gasteiger partial charge in [-0.15, -0.1) is 0 Å². The highest BCUT2D eigenvalue weighted by Crippen LogP contribution is 2.30. The quantitative estimate of drug-likeness (QED) is 0.0507. The molecule has 2 heterocycles. The van der Waals surface area contributed by atoms with Gasteiger partial charge in [-0.25, -0.2) is 0 Å². The molecule has 1 amide bonds. The SMILES string of the molecule is C[C@@H](CCCCCC/C=C\CCCCCCCC(=O)NCCN(C)C)O[C@H]1O[C@H](CO)[C@@H](O)[C@H](O)[C@H]1O[C@@H]1O[C@H](CO)[C@@H](O)[C@H](O)[C@H]1O. The molecule has 0 aromatic rings. The normalized spacial score (nSPS) is 31.8. The molecule has 282 valence electrons. The van der Waals surface area contributed by atoms with E-state index in [1.165, 1.54) is 6.42 Å². The van der Waals surface area contributed by atoms with Crippen LogP contribution in [0.15, 0.2) is 12.2 Å². The van der Waals surface area contributed by atoms with Crippen LogP contribution in [0.25, 0.3) is 0 Å². The number of nitrogens with zero attached hydrogens (tertiary/aromatic N) is 1. The van der Waals surface area contributed by atoms with Gasteiger partial charge >= 0.3 is 0 Å². The Morgan fingerprint density at radius 1 is 0.750 bits per heavy atom. The number of rotatable bonds is 24. The molecular formula is C34H64N2O12. The van der Waals surface area contributed by atoms with Crippen molar-refractivity contribution in [3.05, 3.63) is 12.2 Å². The maximum absolute atomic E-state index is 11.8. The summed E-state index contributed by atoms with van der Waals surface area (Å²) in [5.74, 6) is 0.146. The Bertz CT molecular complexity index is 881. The molecule has 0 radical (unpaired) electrons. The van der Waals surface area contributed by atoms with Crippen LogP contribution in [0.2, 0.25) is 0 Å². The van der Waals surface area contributed by atoms with Crippen molar-refractivity contribution in [3.63, 3.8) is 0 Å². The van der Waals surface area contributed by atoms with Crippen molar-refractivity contribution in [2.45, 2.75) is 158 Å². The van der Waals surface area contributed by atoms with Gasteiger partial charge in [0.1, 0.15) is 48.8 Å². The molecule has 14 heteroatoms. The van der Waals surface area contributed by atoms with Crippen LogP contribution in [0, 0.1) is 0 Å². The Morgan fingerprint density at radius 3 is 1.90 bits per heavy atom. The smallest absolute Gasteiger partial charge is 0.220 e. The standard InChI is InChI=1S/C34H64N2O12/c1-23(17-15-13-11-9-7-5-4-6-8-10-12-14-16-18-26(39)35-19-20-36(2)3)45-34-32(30(43)28(41)25(22-38)47-34)48-33-31(44)29(42)27(40)24(21-37)46-33/h4-5,23-25,27-34,37-38,40-44H,6-22H2,1-3H3,(H,35,39)/b5-4-/t23-,24+,25+,27+,28+,29-,30-,31+,32+,33-,34-/m0/s1. The van der Waals surface area contributed by atoms with Crippen LogP contribution in [-0.4, -0.2) is 154 Å². The maximum atomic E-state index is 11.8. The molecule has 0 bridgehead atoms. The Balaban J connectivity index is 1.61. The van der Waals surface area contributed by atoms with Gasteiger partial charge in [-0.1, -0.05) is 50.7 Å². The maximum Gasteiger partial charge on any atom is 0.220 e. The zero-order chi connectivity index (χ0) is 35.5. The number of hydrogen-bond donors (Lipinski definition) is 8. The molecule has 0 spiro atoms. The van der Waals surface area contributed by atoms with Crippen molar-refractivity contribution in [1.82, 2.24) is 10.2 Å². The number of likely N-dealkylation sites (N-methyl/N-ethyl adjacent to an activating group) is 1. The molecule has 2 aliphatic rings. The molecule has 11 atom stereocenters. The summed E-state index contributed by atoms with van der Waals surface area (Å²) in [6.07, 6.45) is 2.56. The number of aliphatic hydroxyl groups excluding tert-OH is 7. The number of aliphatic hydroxyl groups is 7. The molecule has 2 fully saturated rings. The zero-order valence-corrected chi connectivity index (χ0v) is 29.1. The number of carbonyl (C=O) groups is 1. The van der Waals surface area contributed by atoms with Crippen molar-refractivity contribution < 1.29 is 59.5 Å². The van der Waals surface area contributed by atoms with Gasteiger partial charge in [-0.05, 0) is 59.5 Å². The predicted octanol–water partition coefficient (Wildman–Crippen LogP) is 0.321. The number of amides is 1. The van der Waals surface area contributed by atoms with Crippen molar-refractivity contribution >= 4 is 5.91 Å². The molecule has 14 nitrogen and oxygen atoms in total. The number of unbranched alkanes of at least 4 members (excludes halogenated alkanes) is 9. The third-order valence-corrected chi connectivity index (χ3v) is 8.88. The van der Waals surface area contributed by atoms with Crippen LogP contribution in [0.1, 0.15) is 90.4 Å². The van der Waals surface area contributed by atoms with E-state index in [0.717, 1.165) is 70.8 Å². The Labute approximate surface area is 286 Å². The van der Waals surface area contributed by atoms with Crippen LogP contribution in [-0.2, 0) is 23.7 Å². The number of carbonyl (C=O) groups excluding carboxylic acids is 1. The van der Waals surface area contributed by atoms with Crippen LogP contribution in [0.4, 0.5) is 0 Å². The Hall–Kier alpha value is -1.27. The fraction of sp³-hybridized carbons (Fsp3) is 0.912. The van der Waals surface area contributed by atoms with Gasteiger partial charge in [-0.3, -0.25) is 4.79 Å². The number of allylic oxidation sites excluding steroid dienone is 2. The van der Waals surface area contributed by atoms with Gasteiger partial charge in [-0.2, -0.15) is 0 Å². The zero-order valence-electron chi connectivity index (χ0n) is 29.1. The monoisotopic (exact) mass is 692 g/mol. The molecule has 8 N–H and O–H groups in total. The molecule has 0 aliphatic carbocycles. The minimum absolute atomic E-state index is 0.146. The van der Waals surface area contributed by atoms with Crippen molar-refractivity contribution in [1.29, 1.82) is 0 Å². The van der Waals surface area contributed by atoms with Crippen LogP contribution in [0.3, 0.4) is 0 Å². The second-order valence-electron chi connectivity index (χ2n) is 13.4. The molecule has 0 aromatic heterocycles. The minimum atomic E-state index is -1.71. The first-order valence-electron chi connectivity index (χ1n) is 17.8. The van der Waals surface area contributed by atoms with Gasteiger partial charge in [0.15, 0.2) is 12.6 Å². The highest BCUT2D eigenvalue weighted by Gasteiger charge is 2.51. The van der Waals surface area contributed by atoms with E-state index in [1.54, 1.807) is 0 Å². The summed E-state index contributed by atoms with van der Waals surface area (Å²) < 4.78 is 22.8. The van der Waals surface area contributed by atoms with Gasteiger partial charge < -0.3 is 64.9 Å². The third-order valence-electron chi connectivity index (χ3n) is 8.88. The molecule has 2 rings (SSSR count). The first-order chi connectivity index (χ1) is 23.0. The fourth-order valence-corrected chi connectivity index (χ4v) is 5.81. The van der Waals surface area contributed by atoms with Crippen LogP contribution < -0.4 is 5.32 Å².